The molecule has 31 heavy (non-hydrogen) atoms. The van der Waals surface area contributed by atoms with Crippen LogP contribution in [-0.2, 0) is 0 Å². The molecule has 0 amide bonds. The minimum Gasteiger partial charge on any atom is -0.508 e. The molecule has 0 unspecified atom stereocenters. The van der Waals surface area contributed by atoms with Crippen LogP contribution in [0.15, 0.2) is 48.5 Å². The second kappa shape index (κ2) is 7.65. The second-order valence-corrected chi connectivity index (χ2v) is 7.80. The van der Waals surface area contributed by atoms with Crippen LogP contribution in [0.5, 0.6) is 5.75 Å². The largest absolute Gasteiger partial charge is 0.508 e. The number of nitrogens with two attached hydrogens (primary N) is 1. The van der Waals surface area contributed by atoms with Crippen LogP contribution in [0, 0.1) is 11.3 Å². The van der Waals surface area contributed by atoms with E-state index in [0.29, 0.717) is 33.7 Å². The summed E-state index contributed by atoms with van der Waals surface area (Å²) in [6.45, 7) is 2.14. The molecule has 0 bridgehead atoms. The van der Waals surface area contributed by atoms with Crippen molar-refractivity contribution in [2.24, 2.45) is 0 Å². The van der Waals surface area contributed by atoms with Crippen molar-refractivity contribution in [3.63, 3.8) is 0 Å². The predicted octanol–water partition coefficient (Wildman–Crippen LogP) is 4.44. The number of piperidine rings is 1. The van der Waals surface area contributed by atoms with Gasteiger partial charge >= 0.3 is 0 Å². The number of nitriles is 1. The van der Waals surface area contributed by atoms with Crippen molar-refractivity contribution >= 4 is 22.5 Å². The number of hydrogen-bond donors (Lipinski definition) is 3. The Labute approximate surface area is 179 Å². The van der Waals surface area contributed by atoms with Crippen molar-refractivity contribution in [3.8, 4) is 34.2 Å². The number of aromatic amines is 1. The van der Waals surface area contributed by atoms with Crippen molar-refractivity contribution < 1.29 is 5.11 Å². The third-order valence-corrected chi connectivity index (χ3v) is 5.86. The number of aromatic nitrogens is 3. The summed E-state index contributed by atoms with van der Waals surface area (Å²) in [6.07, 6.45) is 3.72. The number of phenols is 1. The van der Waals surface area contributed by atoms with E-state index in [1.54, 1.807) is 24.3 Å². The maximum Gasteiger partial charge on any atom is 0.184 e. The molecule has 7 heteroatoms. The van der Waals surface area contributed by atoms with Crippen LogP contribution in [0.3, 0.4) is 0 Å². The first-order valence-electron chi connectivity index (χ1n) is 10.4. The first-order chi connectivity index (χ1) is 15.2. The summed E-state index contributed by atoms with van der Waals surface area (Å²) >= 11 is 0. The van der Waals surface area contributed by atoms with E-state index >= 15 is 0 Å². The fraction of sp³-hybridized carbons (Fsp3) is 0.208. The van der Waals surface area contributed by atoms with Gasteiger partial charge in [0.2, 0.25) is 0 Å². The van der Waals surface area contributed by atoms with Crippen LogP contribution in [0.1, 0.15) is 24.8 Å². The zero-order chi connectivity index (χ0) is 21.4. The average Bonchev–Trinajstić information content (AvgIpc) is 3.19. The Hall–Kier alpha value is -4.05. The van der Waals surface area contributed by atoms with Gasteiger partial charge in [0.25, 0.3) is 0 Å². The Morgan fingerprint density at radius 3 is 2.32 bits per heavy atom. The van der Waals surface area contributed by atoms with Crippen LogP contribution in [0.25, 0.3) is 33.4 Å². The van der Waals surface area contributed by atoms with E-state index in [4.69, 9.17) is 5.73 Å². The summed E-state index contributed by atoms with van der Waals surface area (Å²) in [7, 11) is 0. The number of nitrogens with one attached hydrogen (secondary N) is 1. The maximum absolute atomic E-state index is 10.1. The average molecular weight is 410 g/mol. The molecule has 5 rings (SSSR count). The van der Waals surface area contributed by atoms with E-state index in [-0.39, 0.29) is 5.75 Å². The number of nitrogen functional groups attached to an aromatic ring is 1. The number of nitrogens with zero attached hydrogens (tertiary/aromatic N) is 4. The minimum atomic E-state index is 0.154. The van der Waals surface area contributed by atoms with E-state index in [0.717, 1.165) is 24.2 Å². The van der Waals surface area contributed by atoms with Crippen LogP contribution >= 0.6 is 0 Å². The SMILES string of the molecule is N#Cc1c(-c2ccc(O)cc2)nc2n[nH]c(N)c2c1-c1ccc(N2CCCCC2)cc1. The highest BCUT2D eigenvalue weighted by Gasteiger charge is 2.22. The van der Waals surface area contributed by atoms with E-state index in [2.05, 4.69) is 38.3 Å². The number of aromatic hydroxyl groups is 1. The predicted molar refractivity (Wildman–Crippen MR) is 122 cm³/mol. The molecular weight excluding hydrogens is 388 g/mol. The molecule has 154 valence electrons. The number of hydrogen-bond acceptors (Lipinski definition) is 6. The van der Waals surface area contributed by atoms with Gasteiger partial charge in [-0.05, 0) is 61.2 Å². The van der Waals surface area contributed by atoms with Gasteiger partial charge in [-0.1, -0.05) is 12.1 Å². The Kier molecular flexibility index (Phi) is 4.68. The molecule has 0 atom stereocenters. The zero-order valence-electron chi connectivity index (χ0n) is 17.0. The van der Waals surface area contributed by atoms with E-state index in [9.17, 15) is 10.4 Å². The molecule has 7 nitrogen and oxygen atoms in total. The van der Waals surface area contributed by atoms with Crippen molar-refractivity contribution in [3.05, 3.63) is 54.1 Å². The van der Waals surface area contributed by atoms with Gasteiger partial charge in [0, 0.05) is 29.9 Å². The lowest BCUT2D eigenvalue weighted by Gasteiger charge is -2.29. The van der Waals surface area contributed by atoms with Gasteiger partial charge in [-0.15, -0.1) is 0 Å². The molecule has 0 aliphatic carbocycles. The van der Waals surface area contributed by atoms with Gasteiger partial charge in [0.1, 0.15) is 17.6 Å². The highest BCUT2D eigenvalue weighted by atomic mass is 16.3. The molecule has 0 saturated carbocycles. The van der Waals surface area contributed by atoms with Crippen molar-refractivity contribution in [1.82, 2.24) is 15.2 Å². The molecule has 4 aromatic rings. The third kappa shape index (κ3) is 3.32. The number of H-pyrrole nitrogens is 1. The van der Waals surface area contributed by atoms with E-state index < -0.39 is 0 Å². The molecule has 1 saturated heterocycles. The van der Waals surface area contributed by atoms with Gasteiger partial charge in [0.05, 0.1) is 16.6 Å². The van der Waals surface area contributed by atoms with Crippen LogP contribution in [-0.4, -0.2) is 33.4 Å². The number of phenolic OH excluding ortho intramolecular Hbond substituents is 1. The number of anilines is 2. The standard InChI is InChI=1S/C24H22N6O/c25-14-19-20(15-4-8-17(9-5-15)30-12-2-1-3-13-30)21-23(26)28-29-24(21)27-22(19)16-6-10-18(31)11-7-16/h4-11,31H,1-3,12-13H2,(H3,26,27,28,29). The molecular formula is C24H22N6O. The number of rotatable bonds is 3. The fourth-order valence-corrected chi connectivity index (χ4v) is 4.29. The Bertz CT molecular complexity index is 1280. The van der Waals surface area contributed by atoms with Crippen LogP contribution in [0.4, 0.5) is 11.5 Å². The molecule has 1 aliphatic rings. The minimum absolute atomic E-state index is 0.154. The lowest BCUT2D eigenvalue weighted by Crippen LogP contribution is -2.29. The third-order valence-electron chi connectivity index (χ3n) is 5.86. The Morgan fingerprint density at radius 1 is 0.968 bits per heavy atom. The Morgan fingerprint density at radius 2 is 1.65 bits per heavy atom. The summed E-state index contributed by atoms with van der Waals surface area (Å²) < 4.78 is 0. The second-order valence-electron chi connectivity index (χ2n) is 7.80. The van der Waals surface area contributed by atoms with Crippen LogP contribution < -0.4 is 10.6 Å². The summed E-state index contributed by atoms with van der Waals surface area (Å²) in [5.74, 6) is 0.534. The van der Waals surface area contributed by atoms with Gasteiger partial charge in [-0.3, -0.25) is 5.10 Å². The quantitative estimate of drug-likeness (QED) is 0.460. The van der Waals surface area contributed by atoms with E-state index in [1.807, 2.05) is 12.1 Å². The fourth-order valence-electron chi connectivity index (χ4n) is 4.29. The van der Waals surface area contributed by atoms with Crippen LogP contribution in [0.2, 0.25) is 0 Å². The van der Waals surface area contributed by atoms with Crippen molar-refractivity contribution in [2.45, 2.75) is 19.3 Å². The van der Waals surface area contributed by atoms with Gasteiger partial charge in [0.15, 0.2) is 5.65 Å². The summed E-state index contributed by atoms with van der Waals surface area (Å²) in [5, 5.41) is 27.4. The highest BCUT2D eigenvalue weighted by Crippen LogP contribution is 2.39. The smallest absolute Gasteiger partial charge is 0.184 e. The Balaban J connectivity index is 1.69. The maximum atomic E-state index is 10.1. The normalized spacial score (nSPS) is 14.0. The molecule has 2 aromatic carbocycles. The molecule has 4 N–H and O–H groups in total. The number of benzene rings is 2. The van der Waals surface area contributed by atoms with Gasteiger partial charge in [-0.25, -0.2) is 4.98 Å². The van der Waals surface area contributed by atoms with Crippen molar-refractivity contribution in [1.29, 1.82) is 5.26 Å². The first-order valence-corrected chi connectivity index (χ1v) is 10.4. The first kappa shape index (κ1) is 18.9. The lowest BCUT2D eigenvalue weighted by atomic mass is 9.93. The number of fused-ring (bicyclic) bond motifs is 1. The lowest BCUT2D eigenvalue weighted by molar-refractivity contribution is 0.475. The number of pyridine rings is 1. The molecule has 0 radical (unpaired) electrons. The molecule has 1 fully saturated rings. The summed E-state index contributed by atoms with van der Waals surface area (Å²) in [4.78, 5) is 7.01. The molecule has 3 heterocycles. The van der Waals surface area contributed by atoms with E-state index in [1.165, 1.54) is 24.9 Å². The zero-order valence-corrected chi connectivity index (χ0v) is 17.0. The highest BCUT2D eigenvalue weighted by molar-refractivity contribution is 6.04. The summed E-state index contributed by atoms with van der Waals surface area (Å²) in [5.41, 5.74) is 11.1. The van der Waals surface area contributed by atoms with Crippen molar-refractivity contribution in [2.75, 3.05) is 23.7 Å². The molecule has 0 spiro atoms. The molecule has 2 aromatic heterocycles. The summed E-state index contributed by atoms with van der Waals surface area (Å²) in [6, 6.07) is 17.2. The topological polar surface area (TPSA) is 115 Å². The van der Waals surface area contributed by atoms with Gasteiger partial charge < -0.3 is 15.7 Å². The monoisotopic (exact) mass is 410 g/mol. The van der Waals surface area contributed by atoms with Gasteiger partial charge in [-0.2, -0.15) is 10.4 Å². The molecule has 1 aliphatic heterocycles.